The molecule has 0 bridgehead atoms. The lowest BCUT2D eigenvalue weighted by molar-refractivity contribution is 0.0985. The maximum absolute atomic E-state index is 13.2. The first kappa shape index (κ1) is 41.9. The maximum atomic E-state index is 13.2. The van der Waals surface area contributed by atoms with Gasteiger partial charge in [0.05, 0.1) is 50.1 Å². The van der Waals surface area contributed by atoms with Crippen LogP contribution in [0.15, 0.2) is 91.6 Å². The van der Waals surface area contributed by atoms with E-state index in [0.29, 0.717) is 35.6 Å². The second kappa shape index (κ2) is 16.2. The van der Waals surface area contributed by atoms with Gasteiger partial charge in [-0.3, -0.25) is 47.0 Å². The van der Waals surface area contributed by atoms with Gasteiger partial charge in [-0.2, -0.15) is 0 Å². The van der Waals surface area contributed by atoms with Crippen LogP contribution < -0.4 is 33.5 Å². The van der Waals surface area contributed by atoms with Gasteiger partial charge in [-0.1, -0.05) is 13.8 Å². The number of rotatable bonds is 4. The molecule has 0 spiro atoms. The average Bonchev–Trinajstić information content (AvgIpc) is 3.24. The Morgan fingerprint density at radius 1 is 0.567 bits per heavy atom. The third-order valence-electron chi connectivity index (χ3n) is 9.86. The number of nitrogen functional groups attached to an aromatic ring is 1. The minimum Gasteiger partial charge on any atom is -0.399 e. The van der Waals surface area contributed by atoms with Gasteiger partial charge in [-0.05, 0) is 73.5 Å². The fourth-order valence-corrected chi connectivity index (χ4v) is 6.75. The molecule has 0 saturated heterocycles. The van der Waals surface area contributed by atoms with Gasteiger partial charge in [0.25, 0.3) is 11.1 Å². The molecule has 16 nitrogen and oxygen atoms in total. The summed E-state index contributed by atoms with van der Waals surface area (Å²) in [6, 6.07) is 11.0. The Morgan fingerprint density at radius 2 is 0.983 bits per heavy atom. The zero-order valence-corrected chi connectivity index (χ0v) is 33.0. The number of ketones is 4. The first-order valence-electron chi connectivity index (χ1n) is 18.3. The summed E-state index contributed by atoms with van der Waals surface area (Å²) in [7, 11) is 5.56. The van der Waals surface area contributed by atoms with Crippen molar-refractivity contribution in [3.05, 3.63) is 159 Å². The van der Waals surface area contributed by atoms with E-state index in [1.807, 2.05) is 0 Å². The smallest absolute Gasteiger partial charge is 0.332 e. The molecule has 4 heterocycles. The van der Waals surface area contributed by atoms with Crippen LogP contribution in [0.5, 0.6) is 0 Å². The number of allylic oxidation sites excluding steroid dienone is 4. The molecule has 0 aliphatic heterocycles. The van der Waals surface area contributed by atoms with Crippen LogP contribution in [-0.4, -0.2) is 51.4 Å². The molecule has 2 aliphatic carbocycles. The van der Waals surface area contributed by atoms with E-state index in [4.69, 9.17) is 5.73 Å². The van der Waals surface area contributed by atoms with E-state index < -0.39 is 45.7 Å². The molecule has 60 heavy (non-hydrogen) atoms. The normalized spacial score (nSPS) is 13.0. The van der Waals surface area contributed by atoms with Crippen LogP contribution in [0.4, 0.5) is 20.2 Å². The van der Waals surface area contributed by atoms with Crippen molar-refractivity contribution in [3.63, 3.8) is 0 Å². The minimum absolute atomic E-state index is 0.00315. The standard InChI is InChI=1S/C21H17FN4O4.C15H13N3O4.C6H6FN/c1-4-12-15-16(17-19(24-12)25(2)21(30)26(3)20(17)29)14(27)9-13(18(15)28)23-11-7-5-10(22)6-8-11;1-4-7-10-8(19)5-6-9(20)11(10)12-13(16-7)17(2)15(22)18(3)14(12)21;7-5-1-3-6(8)4-2-5/h5-9,23H,4H2,1-3H3;5-6H,4H2,1-3H3;1-4H,8H2. The van der Waals surface area contributed by atoms with Gasteiger partial charge in [-0.15, -0.1) is 0 Å². The SMILES string of the molecule is CCc1nc2c(c3c1C(=O)C(Nc1ccc(F)cc1)=CC3=O)c(=O)n(C)c(=O)n2C.CCc1nc2c(c3c1C(=O)C=CC3=O)c(=O)n(C)c(=O)n2C.Nc1ccc(F)cc1. The first-order chi connectivity index (χ1) is 28.4. The monoisotopic (exact) mass is 818 g/mol. The fraction of sp³-hybridized carbons (Fsp3) is 0.190. The van der Waals surface area contributed by atoms with Crippen molar-refractivity contribution in [1.29, 1.82) is 0 Å². The number of nitrogens with two attached hydrogens (primary N) is 1. The highest BCUT2D eigenvalue weighted by molar-refractivity contribution is 6.29. The largest absolute Gasteiger partial charge is 0.399 e. The van der Waals surface area contributed by atoms with Crippen molar-refractivity contribution in [2.24, 2.45) is 28.2 Å². The summed E-state index contributed by atoms with van der Waals surface area (Å²) < 4.78 is 29.4. The van der Waals surface area contributed by atoms with Gasteiger partial charge in [0.2, 0.25) is 5.78 Å². The van der Waals surface area contributed by atoms with Crippen molar-refractivity contribution in [1.82, 2.24) is 28.2 Å². The van der Waals surface area contributed by atoms with Crippen LogP contribution in [0.25, 0.3) is 22.1 Å². The highest BCUT2D eigenvalue weighted by Crippen LogP contribution is 2.30. The molecule has 0 fully saturated rings. The van der Waals surface area contributed by atoms with Gasteiger partial charge in [-0.25, -0.2) is 28.3 Å². The lowest BCUT2D eigenvalue weighted by Crippen LogP contribution is -2.39. The molecule has 0 radical (unpaired) electrons. The molecule has 3 N–H and O–H groups in total. The summed E-state index contributed by atoms with van der Waals surface area (Å²) in [5.74, 6) is -2.51. The number of nitrogens with zero attached hydrogens (tertiary/aromatic N) is 6. The Hall–Kier alpha value is -7.76. The van der Waals surface area contributed by atoms with Gasteiger partial charge >= 0.3 is 11.4 Å². The number of Topliss-reactive ketones (excluding diaryl/α,β-unsaturated/α-hetero) is 1. The third kappa shape index (κ3) is 7.29. The Morgan fingerprint density at radius 3 is 1.43 bits per heavy atom. The zero-order valence-electron chi connectivity index (χ0n) is 33.0. The molecule has 0 amide bonds. The number of carbonyl (C=O) groups is 4. The highest BCUT2D eigenvalue weighted by atomic mass is 19.1. The number of pyridine rings is 2. The van der Waals surface area contributed by atoms with Crippen LogP contribution in [0.2, 0.25) is 0 Å². The number of nitrogens with one attached hydrogen (secondary N) is 1. The average molecular weight is 819 g/mol. The molecule has 4 aromatic heterocycles. The third-order valence-corrected chi connectivity index (χ3v) is 9.86. The summed E-state index contributed by atoms with van der Waals surface area (Å²) >= 11 is 0. The zero-order chi connectivity index (χ0) is 43.9. The maximum Gasteiger partial charge on any atom is 0.332 e. The molecule has 306 valence electrons. The summed E-state index contributed by atoms with van der Waals surface area (Å²) in [4.78, 5) is 109. The van der Waals surface area contributed by atoms with E-state index in [9.17, 15) is 47.1 Å². The molecule has 2 aliphatic rings. The molecule has 2 aromatic carbocycles. The predicted molar refractivity (Wildman–Crippen MR) is 219 cm³/mol. The predicted octanol–water partition coefficient (Wildman–Crippen LogP) is 3.25. The van der Waals surface area contributed by atoms with Gasteiger partial charge in [0.15, 0.2) is 17.3 Å². The molecule has 8 rings (SSSR count). The van der Waals surface area contributed by atoms with E-state index in [1.54, 1.807) is 13.8 Å². The van der Waals surface area contributed by atoms with Gasteiger partial charge in [0.1, 0.15) is 22.9 Å². The van der Waals surface area contributed by atoms with Crippen LogP contribution in [0.1, 0.15) is 66.7 Å². The number of fused-ring (bicyclic) bond motifs is 6. The van der Waals surface area contributed by atoms with Crippen molar-refractivity contribution in [2.45, 2.75) is 26.7 Å². The number of carbonyl (C=O) groups excluding carboxylic acids is 4. The van der Waals surface area contributed by atoms with Crippen LogP contribution in [-0.2, 0) is 41.0 Å². The summed E-state index contributed by atoms with van der Waals surface area (Å²) in [6.45, 7) is 3.56. The number of halogens is 2. The van der Waals surface area contributed by atoms with E-state index >= 15 is 0 Å². The van der Waals surface area contributed by atoms with Crippen LogP contribution in [0, 0.1) is 11.6 Å². The van der Waals surface area contributed by atoms with Gasteiger partial charge < -0.3 is 11.1 Å². The lowest BCUT2D eigenvalue weighted by Gasteiger charge is -2.21. The fourth-order valence-electron chi connectivity index (χ4n) is 6.75. The lowest BCUT2D eigenvalue weighted by atomic mass is 9.88. The number of benzene rings is 2. The molecular weight excluding hydrogens is 783 g/mol. The van der Waals surface area contributed by atoms with Crippen molar-refractivity contribution >= 4 is 56.6 Å². The molecule has 0 saturated carbocycles. The molecule has 0 atom stereocenters. The molecule has 6 aromatic rings. The number of aryl methyl sites for hydroxylation is 4. The number of aromatic nitrogens is 6. The number of hydrogen-bond acceptors (Lipinski definition) is 12. The Kier molecular flexibility index (Phi) is 11.3. The number of hydrogen-bond donors (Lipinski definition) is 2. The first-order valence-corrected chi connectivity index (χ1v) is 18.3. The summed E-state index contributed by atoms with van der Waals surface area (Å²) in [6.07, 6.45) is 4.16. The second-order valence-electron chi connectivity index (χ2n) is 13.6. The Labute approximate surface area is 337 Å². The van der Waals surface area contributed by atoms with E-state index in [1.165, 1.54) is 91.9 Å². The van der Waals surface area contributed by atoms with Crippen LogP contribution >= 0.6 is 0 Å². The molecule has 18 heteroatoms. The topological polar surface area (TPSA) is 220 Å². The van der Waals surface area contributed by atoms with E-state index in [-0.39, 0.29) is 61.6 Å². The highest BCUT2D eigenvalue weighted by Gasteiger charge is 2.33. The Bertz CT molecular complexity index is 3140. The van der Waals surface area contributed by atoms with Crippen molar-refractivity contribution in [2.75, 3.05) is 11.1 Å². The Balaban J connectivity index is 0.000000175. The second-order valence-corrected chi connectivity index (χ2v) is 13.6. The van der Waals surface area contributed by atoms with Crippen molar-refractivity contribution in [3.8, 4) is 0 Å². The van der Waals surface area contributed by atoms with Crippen LogP contribution in [0.3, 0.4) is 0 Å². The number of anilines is 2. The summed E-state index contributed by atoms with van der Waals surface area (Å²) in [5.41, 5.74) is 4.95. The van der Waals surface area contributed by atoms with E-state index in [0.717, 1.165) is 21.3 Å². The molecule has 0 unspecified atom stereocenters. The molecular formula is C42H36F2N8O8. The minimum atomic E-state index is -0.691. The quantitative estimate of drug-likeness (QED) is 0.245. The van der Waals surface area contributed by atoms with Crippen molar-refractivity contribution < 1.29 is 28.0 Å². The van der Waals surface area contributed by atoms with E-state index in [2.05, 4.69) is 15.3 Å². The van der Waals surface area contributed by atoms with Gasteiger partial charge in [0, 0.05) is 45.6 Å². The summed E-state index contributed by atoms with van der Waals surface area (Å²) in [5, 5.41) is 2.78.